The predicted molar refractivity (Wildman–Crippen MR) is 124 cm³/mol. The van der Waals surface area contributed by atoms with Crippen LogP contribution in [0.5, 0.6) is 0 Å². The van der Waals surface area contributed by atoms with Crippen molar-refractivity contribution in [2.75, 3.05) is 0 Å². The Morgan fingerprint density at radius 2 is 0.833 bits per heavy atom. The zero-order valence-corrected chi connectivity index (χ0v) is 24.9. The van der Waals surface area contributed by atoms with Crippen LogP contribution in [0.15, 0.2) is 95.0 Å². The second kappa shape index (κ2) is 11.0. The van der Waals surface area contributed by atoms with Crippen molar-refractivity contribution in [1.29, 1.82) is 0 Å². The van der Waals surface area contributed by atoms with Gasteiger partial charge in [0.1, 0.15) is 20.2 Å². The third-order valence-corrected chi connectivity index (χ3v) is 7.23. The average molecular weight is 536 g/mol. The molecule has 0 amide bonds. The Hall–Kier alpha value is -1.70. The average Bonchev–Trinajstić information content (AvgIpc) is 2.82. The molecule has 170 valence electrons. The van der Waals surface area contributed by atoms with Crippen molar-refractivity contribution in [2.45, 2.75) is 9.79 Å². The smallest absolute Gasteiger partial charge is 0.744 e. The molecule has 0 unspecified atom stereocenters. The predicted octanol–water partition coefficient (Wildman–Crippen LogP) is -2.07. The second-order valence-corrected chi connectivity index (χ2v) is 10.3. The van der Waals surface area contributed by atoms with Crippen LogP contribution < -0.4 is 59.1 Å². The van der Waals surface area contributed by atoms with Crippen LogP contribution in [-0.4, -0.2) is 35.9 Å². The Labute approximate surface area is 251 Å². The van der Waals surface area contributed by atoms with Gasteiger partial charge in [-0.05, 0) is 58.7 Å². The molecule has 0 aliphatic heterocycles. The zero-order valence-electron chi connectivity index (χ0n) is 19.2. The van der Waals surface area contributed by atoms with E-state index in [0.29, 0.717) is 22.2 Å². The second-order valence-electron chi connectivity index (χ2n) is 7.53. The minimum Gasteiger partial charge on any atom is -0.744 e. The van der Waals surface area contributed by atoms with E-state index in [4.69, 9.17) is 0 Å². The van der Waals surface area contributed by atoms with Gasteiger partial charge in [0.15, 0.2) is 0 Å². The SMILES string of the molecule is O=S(=O)([O-])c1ccc(-c2ccnc3c2ccc2c(-c4ccc(S(=O)(=O)[O-])cc4)ccnc23)cc1.[Na+].[Na+]. The summed E-state index contributed by atoms with van der Waals surface area (Å²) in [6.45, 7) is 0. The molecule has 2 aromatic heterocycles. The monoisotopic (exact) mass is 536 g/mol. The molecule has 12 heteroatoms. The molecule has 2 heterocycles. The van der Waals surface area contributed by atoms with E-state index in [9.17, 15) is 25.9 Å². The summed E-state index contributed by atoms with van der Waals surface area (Å²) in [4.78, 5) is 8.40. The third-order valence-electron chi connectivity index (χ3n) is 5.53. The van der Waals surface area contributed by atoms with Gasteiger partial charge in [-0.15, -0.1) is 0 Å². The molecular weight excluding hydrogens is 522 g/mol. The van der Waals surface area contributed by atoms with Crippen LogP contribution in [0.1, 0.15) is 0 Å². The summed E-state index contributed by atoms with van der Waals surface area (Å²) in [6, 6.07) is 18.7. The summed E-state index contributed by atoms with van der Waals surface area (Å²) >= 11 is 0. The molecule has 0 aliphatic rings. The van der Waals surface area contributed by atoms with Crippen LogP contribution in [0.2, 0.25) is 0 Å². The molecule has 0 spiro atoms. The molecule has 0 saturated heterocycles. The largest absolute Gasteiger partial charge is 1.00 e. The summed E-state index contributed by atoms with van der Waals surface area (Å²) < 4.78 is 67.4. The summed E-state index contributed by atoms with van der Waals surface area (Å²) in [5.41, 5.74) is 4.25. The normalized spacial score (nSPS) is 11.6. The van der Waals surface area contributed by atoms with Gasteiger partial charge < -0.3 is 9.11 Å². The number of hydrogen-bond acceptors (Lipinski definition) is 8. The van der Waals surface area contributed by atoms with E-state index in [1.807, 2.05) is 12.1 Å². The number of pyridine rings is 2. The minimum atomic E-state index is -4.54. The first-order valence-corrected chi connectivity index (χ1v) is 12.7. The standard InChI is InChI=1S/C24H16N2O6S2.2Na/c27-33(28,29)17-5-1-15(2-6-17)19-11-13-25-23-21(19)9-10-22-20(12-14-26-24(22)23)16-3-7-18(8-4-16)34(30,31)32;;/h1-14H,(H,27,28,29)(H,30,31,32);;/q;2*+1/p-2. The van der Waals surface area contributed by atoms with Gasteiger partial charge in [0, 0.05) is 23.2 Å². The van der Waals surface area contributed by atoms with E-state index in [0.717, 1.165) is 21.9 Å². The fraction of sp³-hybridized carbons (Fsp3) is 0. The van der Waals surface area contributed by atoms with Gasteiger partial charge in [-0.1, -0.05) is 36.4 Å². The Morgan fingerprint density at radius 1 is 0.500 bits per heavy atom. The molecule has 0 atom stereocenters. The molecule has 0 radical (unpaired) electrons. The van der Waals surface area contributed by atoms with Crippen LogP contribution in [0.3, 0.4) is 0 Å². The van der Waals surface area contributed by atoms with E-state index in [2.05, 4.69) is 9.97 Å². The van der Waals surface area contributed by atoms with Gasteiger partial charge in [-0.3, -0.25) is 9.97 Å². The van der Waals surface area contributed by atoms with Crippen molar-refractivity contribution in [3.8, 4) is 22.3 Å². The number of rotatable bonds is 4. The molecule has 36 heavy (non-hydrogen) atoms. The third kappa shape index (κ3) is 5.58. The van der Waals surface area contributed by atoms with Crippen LogP contribution in [0.25, 0.3) is 44.1 Å². The zero-order chi connectivity index (χ0) is 24.1. The molecular formula is C24H14N2Na2O6S2. The Bertz CT molecular complexity index is 1660. The number of aromatic nitrogens is 2. The van der Waals surface area contributed by atoms with Gasteiger partial charge >= 0.3 is 59.1 Å². The van der Waals surface area contributed by atoms with Crippen LogP contribution in [0, 0.1) is 0 Å². The van der Waals surface area contributed by atoms with Gasteiger partial charge in [0.25, 0.3) is 0 Å². The maximum absolute atomic E-state index is 11.2. The van der Waals surface area contributed by atoms with E-state index < -0.39 is 20.2 Å². The summed E-state index contributed by atoms with van der Waals surface area (Å²) in [6.07, 6.45) is 3.25. The maximum Gasteiger partial charge on any atom is 1.00 e. The van der Waals surface area contributed by atoms with Crippen LogP contribution >= 0.6 is 0 Å². The summed E-state index contributed by atoms with van der Waals surface area (Å²) in [5.74, 6) is 0. The van der Waals surface area contributed by atoms with E-state index in [1.54, 1.807) is 48.8 Å². The Kier molecular flexibility index (Phi) is 8.79. The molecule has 0 N–H and O–H groups in total. The molecule has 3 aromatic carbocycles. The molecule has 5 rings (SSSR count). The summed E-state index contributed by atoms with van der Waals surface area (Å²) in [7, 11) is -9.08. The first-order chi connectivity index (χ1) is 16.1. The molecule has 5 aromatic rings. The van der Waals surface area contributed by atoms with Crippen molar-refractivity contribution in [1.82, 2.24) is 9.97 Å². The Morgan fingerprint density at radius 3 is 1.14 bits per heavy atom. The van der Waals surface area contributed by atoms with Gasteiger partial charge in [0.2, 0.25) is 0 Å². The Balaban J connectivity index is 0.00000180. The minimum absolute atomic E-state index is 0. The molecule has 0 saturated carbocycles. The molecule has 0 aliphatic carbocycles. The fourth-order valence-electron chi connectivity index (χ4n) is 3.93. The number of hydrogen-bond donors (Lipinski definition) is 0. The van der Waals surface area contributed by atoms with E-state index >= 15 is 0 Å². The van der Waals surface area contributed by atoms with E-state index in [-0.39, 0.29) is 68.9 Å². The van der Waals surface area contributed by atoms with Crippen molar-refractivity contribution in [3.05, 3.63) is 85.2 Å². The molecule has 0 bridgehead atoms. The fourth-order valence-corrected chi connectivity index (χ4v) is 4.87. The van der Waals surface area contributed by atoms with Crippen molar-refractivity contribution in [2.24, 2.45) is 0 Å². The first-order valence-electron chi connectivity index (χ1n) is 9.92. The maximum atomic E-state index is 11.2. The van der Waals surface area contributed by atoms with Crippen molar-refractivity contribution >= 4 is 42.0 Å². The van der Waals surface area contributed by atoms with Crippen LogP contribution in [0.4, 0.5) is 0 Å². The number of fused-ring (bicyclic) bond motifs is 3. The van der Waals surface area contributed by atoms with Crippen molar-refractivity contribution < 1.29 is 85.1 Å². The van der Waals surface area contributed by atoms with Gasteiger partial charge in [0.05, 0.1) is 20.8 Å². The molecule has 8 nitrogen and oxygen atoms in total. The quantitative estimate of drug-likeness (QED) is 0.145. The first kappa shape index (κ1) is 28.9. The van der Waals surface area contributed by atoms with Gasteiger partial charge in [-0.2, -0.15) is 0 Å². The van der Waals surface area contributed by atoms with Gasteiger partial charge in [-0.25, -0.2) is 16.8 Å². The summed E-state index contributed by atoms with van der Waals surface area (Å²) in [5, 5.41) is 1.57. The van der Waals surface area contributed by atoms with Crippen LogP contribution in [-0.2, 0) is 20.2 Å². The van der Waals surface area contributed by atoms with Crippen molar-refractivity contribution in [3.63, 3.8) is 0 Å². The number of benzene rings is 3. The molecule has 0 fully saturated rings. The topological polar surface area (TPSA) is 140 Å². The number of nitrogens with zero attached hydrogens (tertiary/aromatic N) is 2. The van der Waals surface area contributed by atoms with E-state index in [1.165, 1.54) is 24.3 Å².